The van der Waals surface area contributed by atoms with Crippen LogP contribution in [0.3, 0.4) is 0 Å². The molecule has 7 nitrogen and oxygen atoms in total. The molecule has 1 saturated heterocycles. The van der Waals surface area contributed by atoms with Gasteiger partial charge in [0.25, 0.3) is 0 Å². The Balaban J connectivity index is 1.81. The summed E-state index contributed by atoms with van der Waals surface area (Å²) in [4.78, 5) is 23.7. The Bertz CT molecular complexity index is 647. The third-order valence-corrected chi connectivity index (χ3v) is 7.09. The highest BCUT2D eigenvalue weighted by Crippen LogP contribution is 2.45. The maximum absolute atomic E-state index is 12.5. The number of aliphatic hydroxyl groups excluding tert-OH is 1. The van der Waals surface area contributed by atoms with Gasteiger partial charge in [-0.05, 0) is 63.7 Å². The van der Waals surface area contributed by atoms with Crippen molar-refractivity contribution in [2.45, 2.75) is 102 Å². The molecule has 34 heavy (non-hydrogen) atoms. The van der Waals surface area contributed by atoms with Crippen LogP contribution in [0.2, 0.25) is 0 Å². The minimum Gasteiger partial charge on any atom is -0.481 e. The Morgan fingerprint density at radius 2 is 1.76 bits per heavy atom. The SMILES string of the molecule is COC(=O)C/C=C\C[C@@H](O)[C@](/C=C/CCCCCCOC1CCCCO1)(C(=O)O)C1CCCC1. The standard InChI is InChI=1S/C27H44O7/c1-32-24(29)17-9-8-16-23(28)27(26(30)31,22-14-6-7-15-22)19-11-4-2-3-5-12-20-33-25-18-10-13-21-34-25/h8-9,11,19,22-23,25,28H,2-7,10,12-18,20-21H2,1H3,(H,30,31)/b9-8-,19-11+/t23-,25?,27-/m1/s1. The number of hydrogen-bond donors (Lipinski definition) is 2. The first-order valence-electron chi connectivity index (χ1n) is 13.0. The minimum absolute atomic E-state index is 0.0295. The van der Waals surface area contributed by atoms with E-state index in [2.05, 4.69) is 4.74 Å². The number of carbonyl (C=O) groups excluding carboxylic acids is 1. The van der Waals surface area contributed by atoms with Crippen molar-refractivity contribution >= 4 is 11.9 Å². The zero-order chi connectivity index (χ0) is 24.7. The molecule has 3 atom stereocenters. The van der Waals surface area contributed by atoms with Crippen LogP contribution in [0.1, 0.15) is 89.9 Å². The van der Waals surface area contributed by atoms with Crippen molar-refractivity contribution in [2.24, 2.45) is 11.3 Å². The predicted molar refractivity (Wildman–Crippen MR) is 130 cm³/mol. The quantitative estimate of drug-likeness (QED) is 0.178. The summed E-state index contributed by atoms with van der Waals surface area (Å²) >= 11 is 0. The molecular formula is C27H44O7. The second-order valence-corrected chi connectivity index (χ2v) is 9.49. The highest BCUT2D eigenvalue weighted by molar-refractivity contribution is 5.78. The fourth-order valence-corrected chi connectivity index (χ4v) is 5.05. The molecule has 0 radical (unpaired) electrons. The number of rotatable bonds is 16. The van der Waals surface area contributed by atoms with Gasteiger partial charge in [-0.2, -0.15) is 0 Å². The third kappa shape index (κ3) is 9.16. The summed E-state index contributed by atoms with van der Waals surface area (Å²) in [6, 6.07) is 0. The van der Waals surface area contributed by atoms with Crippen LogP contribution in [-0.4, -0.2) is 54.9 Å². The number of unbranched alkanes of at least 4 members (excludes halogenated alkanes) is 4. The first-order valence-corrected chi connectivity index (χ1v) is 13.0. The molecule has 1 aliphatic carbocycles. The summed E-state index contributed by atoms with van der Waals surface area (Å²) in [5.41, 5.74) is -1.29. The van der Waals surface area contributed by atoms with Gasteiger partial charge >= 0.3 is 11.9 Å². The van der Waals surface area contributed by atoms with Crippen LogP contribution >= 0.6 is 0 Å². The van der Waals surface area contributed by atoms with E-state index in [1.165, 1.54) is 13.5 Å². The average Bonchev–Trinajstić information content (AvgIpc) is 3.38. The van der Waals surface area contributed by atoms with Crippen molar-refractivity contribution in [3.63, 3.8) is 0 Å². The molecule has 1 unspecified atom stereocenters. The second kappa shape index (κ2) is 16.1. The zero-order valence-corrected chi connectivity index (χ0v) is 20.8. The van der Waals surface area contributed by atoms with E-state index < -0.39 is 17.5 Å². The van der Waals surface area contributed by atoms with Gasteiger partial charge in [-0.15, -0.1) is 0 Å². The molecule has 2 fully saturated rings. The molecule has 0 amide bonds. The summed E-state index contributed by atoms with van der Waals surface area (Å²) in [7, 11) is 1.33. The van der Waals surface area contributed by atoms with Gasteiger partial charge in [0.1, 0.15) is 5.41 Å². The molecule has 2 aliphatic rings. The molecule has 0 aromatic rings. The van der Waals surface area contributed by atoms with Gasteiger partial charge in [-0.25, -0.2) is 0 Å². The molecule has 0 spiro atoms. The molecule has 1 aliphatic heterocycles. The first kappa shape index (κ1) is 28.5. The van der Waals surface area contributed by atoms with Gasteiger partial charge in [0.15, 0.2) is 6.29 Å². The normalized spacial score (nSPS) is 22.2. The summed E-state index contributed by atoms with van der Waals surface area (Å²) in [6.45, 7) is 1.52. The fourth-order valence-electron chi connectivity index (χ4n) is 5.05. The summed E-state index contributed by atoms with van der Waals surface area (Å²) in [6.07, 6.45) is 18.0. The first-order chi connectivity index (χ1) is 16.5. The molecule has 194 valence electrons. The van der Waals surface area contributed by atoms with E-state index in [1.54, 1.807) is 18.2 Å². The number of methoxy groups -OCH3 is 1. The lowest BCUT2D eigenvalue weighted by atomic mass is 9.68. The lowest BCUT2D eigenvalue weighted by molar-refractivity contribution is -0.162. The topological polar surface area (TPSA) is 102 Å². The summed E-state index contributed by atoms with van der Waals surface area (Å²) in [5.74, 6) is -1.41. The van der Waals surface area contributed by atoms with Crippen LogP contribution in [0.4, 0.5) is 0 Å². The van der Waals surface area contributed by atoms with E-state index in [9.17, 15) is 19.8 Å². The van der Waals surface area contributed by atoms with Crippen LogP contribution in [0, 0.1) is 11.3 Å². The summed E-state index contributed by atoms with van der Waals surface area (Å²) < 4.78 is 15.9. The van der Waals surface area contributed by atoms with Crippen LogP contribution < -0.4 is 0 Å². The number of esters is 1. The number of carboxylic acid groups (broad SMARTS) is 1. The number of ether oxygens (including phenoxy) is 3. The fraction of sp³-hybridized carbons (Fsp3) is 0.778. The number of allylic oxidation sites excluding steroid dienone is 1. The largest absolute Gasteiger partial charge is 0.481 e. The van der Waals surface area contributed by atoms with Crippen molar-refractivity contribution in [1.29, 1.82) is 0 Å². The molecule has 2 N–H and O–H groups in total. The Morgan fingerprint density at radius 1 is 1.03 bits per heavy atom. The molecular weight excluding hydrogens is 436 g/mol. The van der Waals surface area contributed by atoms with E-state index in [1.807, 2.05) is 6.08 Å². The van der Waals surface area contributed by atoms with Gasteiger partial charge < -0.3 is 24.4 Å². The maximum atomic E-state index is 12.5. The van der Waals surface area contributed by atoms with Gasteiger partial charge in [0.2, 0.25) is 0 Å². The molecule has 7 heteroatoms. The molecule has 1 heterocycles. The Labute approximate surface area is 204 Å². The molecule has 0 bridgehead atoms. The third-order valence-electron chi connectivity index (χ3n) is 7.09. The van der Waals surface area contributed by atoms with Crippen molar-refractivity contribution in [3.8, 4) is 0 Å². The van der Waals surface area contributed by atoms with Gasteiger partial charge in [-0.3, -0.25) is 9.59 Å². The number of aliphatic hydroxyl groups is 1. The highest BCUT2D eigenvalue weighted by Gasteiger charge is 2.49. The highest BCUT2D eigenvalue weighted by atomic mass is 16.7. The smallest absolute Gasteiger partial charge is 0.316 e. The Kier molecular flexibility index (Phi) is 13.5. The Hall–Kier alpha value is -1.70. The number of carboxylic acids is 1. The van der Waals surface area contributed by atoms with E-state index in [0.717, 1.165) is 83.8 Å². The Morgan fingerprint density at radius 3 is 2.44 bits per heavy atom. The molecule has 0 aromatic carbocycles. The second-order valence-electron chi connectivity index (χ2n) is 9.49. The minimum atomic E-state index is -1.29. The molecule has 1 saturated carbocycles. The van der Waals surface area contributed by atoms with Crippen LogP contribution in [0.15, 0.2) is 24.3 Å². The van der Waals surface area contributed by atoms with Crippen molar-refractivity contribution in [2.75, 3.05) is 20.3 Å². The summed E-state index contributed by atoms with van der Waals surface area (Å²) in [5, 5.41) is 21.2. The van der Waals surface area contributed by atoms with E-state index >= 15 is 0 Å². The average molecular weight is 481 g/mol. The number of hydrogen-bond acceptors (Lipinski definition) is 6. The van der Waals surface area contributed by atoms with Gasteiger partial charge in [0.05, 0.1) is 19.6 Å². The van der Waals surface area contributed by atoms with Crippen molar-refractivity contribution in [1.82, 2.24) is 0 Å². The molecule has 2 rings (SSSR count). The lowest BCUT2D eigenvalue weighted by Crippen LogP contribution is -2.46. The monoisotopic (exact) mass is 480 g/mol. The predicted octanol–water partition coefficient (Wildman–Crippen LogP) is 5.17. The van der Waals surface area contributed by atoms with Gasteiger partial charge in [-0.1, -0.05) is 50.0 Å². The number of aliphatic carboxylic acids is 1. The van der Waals surface area contributed by atoms with Crippen molar-refractivity contribution in [3.05, 3.63) is 24.3 Å². The van der Waals surface area contributed by atoms with E-state index in [0.29, 0.717) is 0 Å². The van der Waals surface area contributed by atoms with Gasteiger partial charge in [0, 0.05) is 13.2 Å². The maximum Gasteiger partial charge on any atom is 0.316 e. The van der Waals surface area contributed by atoms with Crippen LogP contribution in [0.5, 0.6) is 0 Å². The lowest BCUT2D eigenvalue weighted by Gasteiger charge is -2.36. The van der Waals surface area contributed by atoms with Crippen LogP contribution in [0.25, 0.3) is 0 Å². The molecule has 0 aromatic heterocycles. The van der Waals surface area contributed by atoms with Crippen LogP contribution in [-0.2, 0) is 23.8 Å². The zero-order valence-electron chi connectivity index (χ0n) is 20.8. The number of carbonyl (C=O) groups is 2. The van der Waals surface area contributed by atoms with Crippen molar-refractivity contribution < 1.29 is 34.0 Å². The van der Waals surface area contributed by atoms with E-state index in [4.69, 9.17) is 9.47 Å². The van der Waals surface area contributed by atoms with E-state index in [-0.39, 0.29) is 31.0 Å².